The van der Waals surface area contributed by atoms with Gasteiger partial charge in [0.15, 0.2) is 0 Å². The molecule has 1 fully saturated rings. The van der Waals surface area contributed by atoms with Crippen molar-refractivity contribution in [2.45, 2.75) is 31.3 Å². The van der Waals surface area contributed by atoms with Gasteiger partial charge in [-0.1, -0.05) is 0 Å². The summed E-state index contributed by atoms with van der Waals surface area (Å²) in [6.07, 6.45) is 2.36. The molecule has 15 heavy (non-hydrogen) atoms. The summed E-state index contributed by atoms with van der Waals surface area (Å²) < 4.78 is 4.84. The molecule has 1 saturated carbocycles. The van der Waals surface area contributed by atoms with Gasteiger partial charge in [0, 0.05) is 19.7 Å². The van der Waals surface area contributed by atoms with Crippen LogP contribution in [0.15, 0.2) is 0 Å². The van der Waals surface area contributed by atoms with Crippen LogP contribution in [0.25, 0.3) is 0 Å². The molecule has 1 aliphatic carbocycles. The molecule has 1 atom stereocenters. The monoisotopic (exact) mass is 211 g/mol. The van der Waals surface area contributed by atoms with E-state index in [-0.39, 0.29) is 12.3 Å². The van der Waals surface area contributed by atoms with Gasteiger partial charge in [-0.05, 0) is 12.8 Å². The van der Waals surface area contributed by atoms with Gasteiger partial charge in [0.05, 0.1) is 19.1 Å². The van der Waals surface area contributed by atoms with E-state index in [9.17, 15) is 4.79 Å². The molecule has 1 amide bonds. The maximum absolute atomic E-state index is 11.4. The van der Waals surface area contributed by atoms with E-state index in [1.165, 1.54) is 0 Å². The number of methoxy groups -OCH3 is 1. The molecule has 0 aromatic carbocycles. The van der Waals surface area contributed by atoms with E-state index in [2.05, 4.69) is 16.7 Å². The number of rotatable bonds is 7. The van der Waals surface area contributed by atoms with E-state index in [4.69, 9.17) is 10.00 Å². The Bertz CT molecular complexity index is 246. The van der Waals surface area contributed by atoms with Gasteiger partial charge in [-0.2, -0.15) is 5.26 Å². The highest BCUT2D eigenvalue weighted by Gasteiger charge is 2.24. The lowest BCUT2D eigenvalue weighted by atomic mass is 10.2. The molecular weight excluding hydrogens is 194 g/mol. The molecule has 84 valence electrons. The zero-order valence-electron chi connectivity index (χ0n) is 8.95. The molecule has 1 unspecified atom stereocenters. The number of carbonyl (C=O) groups excluding carboxylic acids is 1. The molecule has 0 heterocycles. The Hall–Kier alpha value is -1.12. The minimum atomic E-state index is -0.418. The Morgan fingerprint density at radius 2 is 2.40 bits per heavy atom. The molecule has 0 radical (unpaired) electrons. The normalized spacial score (nSPS) is 16.8. The number of hydrogen-bond acceptors (Lipinski definition) is 4. The summed E-state index contributed by atoms with van der Waals surface area (Å²) in [5.74, 6) is -0.0473. The first-order valence-electron chi connectivity index (χ1n) is 5.17. The van der Waals surface area contributed by atoms with Crippen LogP contribution in [0.2, 0.25) is 0 Å². The first kappa shape index (κ1) is 12.0. The Balaban J connectivity index is 2.14. The highest BCUT2D eigenvalue weighted by Crippen LogP contribution is 2.18. The summed E-state index contributed by atoms with van der Waals surface area (Å²) in [6.45, 7) is 1.13. The van der Waals surface area contributed by atoms with E-state index >= 15 is 0 Å². The summed E-state index contributed by atoms with van der Waals surface area (Å²) in [6, 6.07) is 2.00. The zero-order valence-corrected chi connectivity index (χ0v) is 8.95. The molecule has 0 saturated heterocycles. The number of nitrogens with zero attached hydrogens (tertiary/aromatic N) is 1. The topological polar surface area (TPSA) is 74.1 Å². The van der Waals surface area contributed by atoms with E-state index in [0.717, 1.165) is 12.8 Å². The molecule has 1 aliphatic rings. The predicted octanol–water partition coefficient (Wildman–Crippen LogP) is -0.217. The van der Waals surface area contributed by atoms with Crippen LogP contribution in [0.3, 0.4) is 0 Å². The fourth-order valence-electron chi connectivity index (χ4n) is 1.20. The van der Waals surface area contributed by atoms with Gasteiger partial charge < -0.3 is 10.1 Å². The van der Waals surface area contributed by atoms with Crippen LogP contribution >= 0.6 is 0 Å². The van der Waals surface area contributed by atoms with Crippen molar-refractivity contribution in [3.8, 4) is 6.07 Å². The highest BCUT2D eigenvalue weighted by molar-refractivity contribution is 5.77. The van der Waals surface area contributed by atoms with E-state index in [1.54, 1.807) is 7.11 Å². The number of amides is 1. The lowest BCUT2D eigenvalue weighted by molar-refractivity contribution is -0.121. The van der Waals surface area contributed by atoms with Gasteiger partial charge in [-0.15, -0.1) is 0 Å². The molecule has 0 aliphatic heterocycles. The number of nitrogens with one attached hydrogen (secondary N) is 2. The summed E-state index contributed by atoms with van der Waals surface area (Å²) in [7, 11) is 1.60. The van der Waals surface area contributed by atoms with Gasteiger partial charge >= 0.3 is 0 Å². The molecule has 2 N–H and O–H groups in total. The van der Waals surface area contributed by atoms with Gasteiger partial charge in [0.2, 0.25) is 5.91 Å². The third-order valence-electron chi connectivity index (χ3n) is 2.18. The number of ether oxygens (including phenoxy) is 1. The Labute approximate surface area is 89.8 Å². The molecule has 0 aromatic rings. The van der Waals surface area contributed by atoms with Gasteiger partial charge in [-0.3, -0.25) is 10.1 Å². The van der Waals surface area contributed by atoms with Gasteiger partial charge in [0.1, 0.15) is 6.04 Å². The second kappa shape index (κ2) is 6.38. The second-order valence-electron chi connectivity index (χ2n) is 3.67. The summed E-state index contributed by atoms with van der Waals surface area (Å²) >= 11 is 0. The Morgan fingerprint density at radius 1 is 1.67 bits per heavy atom. The van der Waals surface area contributed by atoms with Crippen molar-refractivity contribution >= 4 is 5.91 Å². The lowest BCUT2D eigenvalue weighted by Gasteiger charge is -2.10. The maximum Gasteiger partial charge on any atom is 0.222 e. The average Bonchev–Trinajstić information content (AvgIpc) is 3.00. The van der Waals surface area contributed by atoms with Crippen molar-refractivity contribution < 1.29 is 9.53 Å². The zero-order chi connectivity index (χ0) is 11.1. The number of hydrogen-bond donors (Lipinski definition) is 2. The third kappa shape index (κ3) is 5.35. The SMILES string of the molecule is COCCNC(C#N)CC(=O)NC1CC1. The maximum atomic E-state index is 11.4. The second-order valence-corrected chi connectivity index (χ2v) is 3.67. The Kier molecular flexibility index (Phi) is 5.08. The van der Waals surface area contributed by atoms with Crippen LogP contribution in [-0.2, 0) is 9.53 Å². The number of nitriles is 1. The molecular formula is C10H17N3O2. The van der Waals surface area contributed by atoms with Crippen molar-refractivity contribution in [1.82, 2.24) is 10.6 Å². The van der Waals surface area contributed by atoms with Crippen molar-refractivity contribution in [2.24, 2.45) is 0 Å². The molecule has 0 aromatic heterocycles. The molecule has 1 rings (SSSR count). The molecule has 5 heteroatoms. The Morgan fingerprint density at radius 3 is 2.93 bits per heavy atom. The first-order valence-corrected chi connectivity index (χ1v) is 5.17. The van der Waals surface area contributed by atoms with Crippen LogP contribution in [0.1, 0.15) is 19.3 Å². The first-order chi connectivity index (χ1) is 7.26. The smallest absolute Gasteiger partial charge is 0.222 e. The quantitative estimate of drug-likeness (QED) is 0.571. The summed E-state index contributed by atoms with van der Waals surface area (Å²) in [5, 5.41) is 14.6. The summed E-state index contributed by atoms with van der Waals surface area (Å²) in [5.41, 5.74) is 0. The number of carbonyl (C=O) groups is 1. The fourth-order valence-corrected chi connectivity index (χ4v) is 1.20. The lowest BCUT2D eigenvalue weighted by Crippen LogP contribution is -2.37. The van der Waals surface area contributed by atoms with Crippen LogP contribution < -0.4 is 10.6 Å². The molecule has 0 bridgehead atoms. The van der Waals surface area contributed by atoms with Crippen molar-refractivity contribution in [3.05, 3.63) is 0 Å². The van der Waals surface area contributed by atoms with Gasteiger partial charge in [-0.25, -0.2) is 0 Å². The third-order valence-corrected chi connectivity index (χ3v) is 2.18. The highest BCUT2D eigenvalue weighted by atomic mass is 16.5. The minimum Gasteiger partial charge on any atom is -0.383 e. The van der Waals surface area contributed by atoms with Crippen LogP contribution in [-0.4, -0.2) is 38.3 Å². The largest absolute Gasteiger partial charge is 0.383 e. The fraction of sp³-hybridized carbons (Fsp3) is 0.800. The van der Waals surface area contributed by atoms with Crippen molar-refractivity contribution in [2.75, 3.05) is 20.3 Å². The van der Waals surface area contributed by atoms with Crippen LogP contribution in [0.5, 0.6) is 0 Å². The predicted molar refractivity (Wildman–Crippen MR) is 55.1 cm³/mol. The minimum absolute atomic E-state index is 0.0473. The van der Waals surface area contributed by atoms with E-state index in [0.29, 0.717) is 19.2 Å². The van der Waals surface area contributed by atoms with E-state index < -0.39 is 6.04 Å². The summed E-state index contributed by atoms with van der Waals surface area (Å²) in [4.78, 5) is 11.4. The molecule has 5 nitrogen and oxygen atoms in total. The van der Waals surface area contributed by atoms with Crippen molar-refractivity contribution in [1.29, 1.82) is 5.26 Å². The molecule has 0 spiro atoms. The van der Waals surface area contributed by atoms with Crippen molar-refractivity contribution in [3.63, 3.8) is 0 Å². The average molecular weight is 211 g/mol. The van der Waals surface area contributed by atoms with Gasteiger partial charge in [0.25, 0.3) is 0 Å². The van der Waals surface area contributed by atoms with Crippen LogP contribution in [0, 0.1) is 11.3 Å². The van der Waals surface area contributed by atoms with E-state index in [1.807, 2.05) is 0 Å². The standard InChI is InChI=1S/C10H17N3O2/c1-15-5-4-12-9(7-11)6-10(14)13-8-2-3-8/h8-9,12H,2-6H2,1H3,(H,13,14). The van der Waals surface area contributed by atoms with Crippen LogP contribution in [0.4, 0.5) is 0 Å².